The topological polar surface area (TPSA) is 3.24 Å². The Morgan fingerprint density at radius 3 is 0.828 bits per heavy atom. The van der Waals surface area contributed by atoms with Crippen molar-refractivity contribution >= 4 is 0 Å². The van der Waals surface area contributed by atoms with E-state index in [-0.39, 0.29) is 0 Å². The van der Waals surface area contributed by atoms with Crippen LogP contribution in [0.5, 0.6) is 0 Å². The maximum Gasteiger partial charge on any atom is 0.1000 e. The summed E-state index contributed by atoms with van der Waals surface area (Å²) in [7, 11) is 0. The SMILES string of the molecule is C#CC#CC#CC#CC#CC1(C#CC#CC#CC#CC#C)C2CCCCC2C2CCC(C3CCC4C(C3)C3CC(C5CCC6C7CCCCC7C(C#CC#CC#CC#CC#C)(C#CC#CC#CC#CC#C)C6C5)CCC3N4C#CC#CC#CC#C)CC21. The van der Waals surface area contributed by atoms with Crippen molar-refractivity contribution < 1.29 is 0 Å². The molecule has 9 aliphatic rings. The number of nitrogens with zero attached hydrogens (tertiary/aromatic N) is 1. The number of terminal acetylenes is 5. The van der Waals surface area contributed by atoms with Gasteiger partial charge in [0.25, 0.3) is 0 Å². The molecule has 410 valence electrons. The minimum atomic E-state index is -0.555. The second-order valence-corrected chi connectivity index (χ2v) is 24.0. The van der Waals surface area contributed by atoms with Gasteiger partial charge in [0, 0.05) is 35.9 Å². The quantitative estimate of drug-likeness (QED) is 0.249. The Bertz CT molecular complexity index is 3890. The van der Waals surface area contributed by atoms with E-state index >= 15 is 0 Å². The van der Waals surface area contributed by atoms with E-state index in [4.69, 9.17) is 32.1 Å². The van der Waals surface area contributed by atoms with Crippen molar-refractivity contribution in [1.29, 1.82) is 0 Å². The molecule has 0 aromatic heterocycles. The van der Waals surface area contributed by atoms with Crippen molar-refractivity contribution in [3.8, 4) is 287 Å². The van der Waals surface area contributed by atoms with Gasteiger partial charge in [-0.05, 0) is 393 Å². The maximum absolute atomic E-state index is 5.41. The molecule has 0 amide bonds. The Labute approximate surface area is 522 Å². The first-order valence-electron chi connectivity index (χ1n) is 30.7. The molecule has 16 unspecified atom stereocenters. The second kappa shape index (κ2) is 31.2. The molecule has 0 spiro atoms. The number of rotatable bonds is 2. The van der Waals surface area contributed by atoms with Crippen LogP contribution in [0.15, 0.2) is 0 Å². The third-order valence-corrected chi connectivity index (χ3v) is 20.7. The van der Waals surface area contributed by atoms with Gasteiger partial charge in [-0.1, -0.05) is 49.4 Å². The third kappa shape index (κ3) is 14.4. The highest BCUT2D eigenvalue weighted by atomic mass is 15.2. The second-order valence-electron chi connectivity index (χ2n) is 24.0. The molecule has 8 saturated carbocycles. The molecule has 9 rings (SSSR count). The van der Waals surface area contributed by atoms with E-state index in [0.29, 0.717) is 94.9 Å². The van der Waals surface area contributed by atoms with E-state index < -0.39 is 10.8 Å². The zero-order valence-corrected chi connectivity index (χ0v) is 49.2. The lowest BCUT2D eigenvalue weighted by Crippen LogP contribution is -2.40. The van der Waals surface area contributed by atoms with Crippen molar-refractivity contribution in [2.75, 3.05) is 0 Å². The number of hydrogen-bond donors (Lipinski definition) is 0. The maximum atomic E-state index is 5.41. The summed E-state index contributed by atoms with van der Waals surface area (Å²) < 4.78 is 0. The predicted molar refractivity (Wildman–Crippen MR) is 347 cm³/mol. The Balaban J connectivity index is 1.02. The van der Waals surface area contributed by atoms with Gasteiger partial charge in [-0.3, -0.25) is 0 Å². The highest BCUT2D eigenvalue weighted by Gasteiger charge is 2.63. The van der Waals surface area contributed by atoms with Crippen LogP contribution in [0.2, 0.25) is 0 Å². The molecule has 0 bridgehead atoms. The van der Waals surface area contributed by atoms with Gasteiger partial charge in [0.05, 0.1) is 10.8 Å². The molecule has 1 heterocycles. The summed E-state index contributed by atoms with van der Waals surface area (Å²) in [6.07, 6.45) is 50.1. The Morgan fingerprint density at radius 1 is 0.230 bits per heavy atom. The van der Waals surface area contributed by atoms with Crippen LogP contribution in [0.3, 0.4) is 0 Å². The summed E-state index contributed by atoms with van der Waals surface area (Å²) in [4.78, 5) is 2.56. The molecule has 1 heteroatoms. The first-order chi connectivity index (χ1) is 43.0. The molecule has 8 aliphatic carbocycles. The molecule has 87 heavy (non-hydrogen) atoms. The van der Waals surface area contributed by atoms with Gasteiger partial charge in [0.15, 0.2) is 0 Å². The molecule has 16 atom stereocenters. The van der Waals surface area contributed by atoms with E-state index in [1.807, 2.05) is 0 Å². The highest BCUT2D eigenvalue weighted by molar-refractivity contribution is 5.50. The zero-order chi connectivity index (χ0) is 60.4. The summed E-state index contributed by atoms with van der Waals surface area (Å²) in [6.45, 7) is 0. The lowest BCUT2D eigenvalue weighted by Gasteiger charge is -2.46. The number of hydrogen-bond acceptors (Lipinski definition) is 1. The monoisotopic (exact) mass is 1110 g/mol. The van der Waals surface area contributed by atoms with Gasteiger partial charge in [0.2, 0.25) is 0 Å². The van der Waals surface area contributed by atoms with Crippen molar-refractivity contribution in [1.82, 2.24) is 4.90 Å². The van der Waals surface area contributed by atoms with Crippen LogP contribution < -0.4 is 0 Å². The minimum absolute atomic E-state index is 0.301. The van der Waals surface area contributed by atoms with Crippen LogP contribution in [0, 0.1) is 381 Å². The average Bonchev–Trinajstić information content (AvgIpc) is 1.62. The van der Waals surface area contributed by atoms with E-state index in [1.54, 1.807) is 0 Å². The van der Waals surface area contributed by atoms with Crippen molar-refractivity contribution in [3.63, 3.8) is 0 Å². The molecule has 0 N–H and O–H groups in total. The van der Waals surface area contributed by atoms with Crippen molar-refractivity contribution in [3.05, 3.63) is 0 Å². The molecular weight excluding hydrogens is 1050 g/mol. The Morgan fingerprint density at radius 2 is 0.494 bits per heavy atom. The van der Waals surface area contributed by atoms with Crippen LogP contribution in [0.4, 0.5) is 0 Å². The first-order valence-corrected chi connectivity index (χ1v) is 30.7. The van der Waals surface area contributed by atoms with Crippen molar-refractivity contribution in [2.45, 2.75) is 141 Å². The van der Waals surface area contributed by atoms with Crippen LogP contribution >= 0.6 is 0 Å². The average molecular weight is 1110 g/mol. The van der Waals surface area contributed by atoms with Crippen LogP contribution in [0.1, 0.15) is 128 Å². The molecular formula is C86H61N. The smallest absolute Gasteiger partial charge is 0.1000 e. The normalized spacial score (nSPS) is 30.0. The fraction of sp³-hybridized carbons (Fsp3) is 0.442. The molecule has 1 nitrogen and oxygen atoms in total. The fourth-order valence-corrected chi connectivity index (χ4v) is 18.1. The van der Waals surface area contributed by atoms with Gasteiger partial charge < -0.3 is 4.90 Å². The van der Waals surface area contributed by atoms with Gasteiger partial charge in [-0.2, -0.15) is 0 Å². The first kappa shape index (κ1) is 60.8. The van der Waals surface area contributed by atoms with E-state index in [0.717, 1.165) is 38.5 Å². The van der Waals surface area contributed by atoms with E-state index in [9.17, 15) is 0 Å². The summed E-state index contributed by atoms with van der Waals surface area (Å²) in [5, 5.41) is 0. The summed E-state index contributed by atoms with van der Waals surface area (Å²) >= 11 is 0. The van der Waals surface area contributed by atoms with Crippen LogP contribution in [-0.4, -0.2) is 17.0 Å². The molecule has 9 fully saturated rings. The predicted octanol–water partition coefficient (Wildman–Crippen LogP) is 9.74. The Hall–Kier alpha value is -10.8. The minimum Gasteiger partial charge on any atom is -0.325 e. The van der Waals surface area contributed by atoms with Gasteiger partial charge in [-0.15, -0.1) is 32.1 Å². The van der Waals surface area contributed by atoms with Gasteiger partial charge in [0.1, 0.15) is 0 Å². The fourth-order valence-electron chi connectivity index (χ4n) is 18.1. The standard InChI is InChI=1S/C86H61N/c1-6-11-16-21-26-30-34-43-60-85(61-44-35-31-27-22-17-12-7-2)79-50-41-39-48-73(79)75-56-52-71(67-81(75)85)69-54-58-83-77(65-69)78-66-70(55-59-84(78)87(83)64-47-38-25-20-15-10-5)72-53-57-76-74-49-40-42-51-80(74)86(82(76)68-72,62-45-36-32-28-23-18-13-8-3)63-46-37-33-29-24-19-14-9-4/h1-5,69-84H,39-42,48-59,65-68H2. The van der Waals surface area contributed by atoms with Gasteiger partial charge in [-0.25, -0.2) is 0 Å². The van der Waals surface area contributed by atoms with Gasteiger partial charge >= 0.3 is 0 Å². The summed E-state index contributed by atoms with van der Waals surface area (Å²) in [5.41, 5.74) is -1.11. The zero-order valence-electron chi connectivity index (χ0n) is 49.2. The molecule has 0 aromatic rings. The molecule has 0 aromatic carbocycles. The molecule has 1 saturated heterocycles. The molecule has 1 aliphatic heterocycles. The summed E-state index contributed by atoms with van der Waals surface area (Å²) in [5.74, 6) is 127. The largest absolute Gasteiger partial charge is 0.325 e. The summed E-state index contributed by atoms with van der Waals surface area (Å²) in [6, 6.07) is 4.39. The number of likely N-dealkylation sites (tertiary alicyclic amines) is 1. The highest BCUT2D eigenvalue weighted by Crippen LogP contribution is 2.67. The molecule has 0 radical (unpaired) electrons. The van der Waals surface area contributed by atoms with Crippen molar-refractivity contribution in [2.24, 2.45) is 93.7 Å². The number of fused-ring (bicyclic) bond motifs is 9. The van der Waals surface area contributed by atoms with Crippen LogP contribution in [-0.2, 0) is 0 Å². The third-order valence-electron chi connectivity index (χ3n) is 20.7. The van der Waals surface area contributed by atoms with E-state index in [2.05, 4.69) is 260 Å². The Kier molecular flexibility index (Phi) is 21.8. The van der Waals surface area contributed by atoms with Crippen LogP contribution in [0.25, 0.3) is 0 Å². The van der Waals surface area contributed by atoms with E-state index in [1.165, 1.54) is 89.9 Å². The lowest BCUT2D eigenvalue weighted by molar-refractivity contribution is 0.0522. The lowest BCUT2D eigenvalue weighted by atomic mass is 9.58.